The predicted octanol–water partition coefficient (Wildman–Crippen LogP) is 4.13. The maximum atomic E-state index is 12.2. The molecule has 0 saturated heterocycles. The van der Waals surface area contributed by atoms with Crippen LogP contribution in [0.1, 0.15) is 30.4 Å². The Morgan fingerprint density at radius 3 is 1.33 bits per heavy atom. The maximum absolute atomic E-state index is 12.2. The SMILES string of the molecule is COc1cc(Cl)c(CNC(=O)CCCC(=O)NCc2cc(OC)c(OC)cc2Cl)cc1OC. The lowest BCUT2D eigenvalue weighted by molar-refractivity contribution is -0.122. The Bertz CT molecular complexity index is 906. The van der Waals surface area contributed by atoms with E-state index in [1.807, 2.05) is 0 Å². The number of halogens is 2. The lowest BCUT2D eigenvalue weighted by atomic mass is 10.1. The molecule has 2 aromatic carbocycles. The molecular formula is C23H28Cl2N2O6. The zero-order valence-electron chi connectivity index (χ0n) is 19.1. The molecule has 0 aliphatic rings. The van der Waals surface area contributed by atoms with Crippen LogP contribution < -0.4 is 29.6 Å². The first-order valence-corrected chi connectivity index (χ1v) is 10.9. The summed E-state index contributed by atoms with van der Waals surface area (Å²) in [5.41, 5.74) is 1.40. The summed E-state index contributed by atoms with van der Waals surface area (Å²) in [5, 5.41) is 6.51. The summed E-state index contributed by atoms with van der Waals surface area (Å²) < 4.78 is 20.9. The average Bonchev–Trinajstić information content (AvgIpc) is 2.81. The largest absolute Gasteiger partial charge is 0.493 e. The smallest absolute Gasteiger partial charge is 0.220 e. The Hall–Kier alpha value is -2.84. The molecule has 0 saturated carbocycles. The molecule has 0 fully saturated rings. The van der Waals surface area contributed by atoms with Crippen LogP contribution in [0.5, 0.6) is 23.0 Å². The fourth-order valence-electron chi connectivity index (χ4n) is 3.04. The first-order chi connectivity index (χ1) is 15.8. The van der Waals surface area contributed by atoms with Gasteiger partial charge >= 0.3 is 0 Å². The molecule has 2 rings (SSSR count). The van der Waals surface area contributed by atoms with Crippen molar-refractivity contribution in [3.8, 4) is 23.0 Å². The Balaban J connectivity index is 1.77. The summed E-state index contributed by atoms with van der Waals surface area (Å²) in [5.74, 6) is 1.71. The van der Waals surface area contributed by atoms with E-state index in [1.54, 1.807) is 24.3 Å². The van der Waals surface area contributed by atoms with Crippen molar-refractivity contribution >= 4 is 35.0 Å². The molecule has 0 aliphatic carbocycles. The predicted molar refractivity (Wildman–Crippen MR) is 127 cm³/mol. The highest BCUT2D eigenvalue weighted by molar-refractivity contribution is 6.32. The van der Waals surface area contributed by atoms with Crippen molar-refractivity contribution in [1.29, 1.82) is 0 Å². The molecule has 0 unspecified atom stereocenters. The van der Waals surface area contributed by atoms with E-state index in [0.717, 1.165) is 0 Å². The minimum Gasteiger partial charge on any atom is -0.493 e. The molecule has 2 aromatic rings. The van der Waals surface area contributed by atoms with Gasteiger partial charge in [-0.25, -0.2) is 0 Å². The molecule has 180 valence electrons. The molecule has 2 amide bonds. The zero-order chi connectivity index (χ0) is 24.4. The third-order valence-electron chi connectivity index (χ3n) is 4.86. The third kappa shape index (κ3) is 7.61. The van der Waals surface area contributed by atoms with Crippen molar-refractivity contribution in [3.63, 3.8) is 0 Å². The van der Waals surface area contributed by atoms with E-state index in [-0.39, 0.29) is 37.7 Å². The van der Waals surface area contributed by atoms with Gasteiger partial charge in [0, 0.05) is 48.1 Å². The van der Waals surface area contributed by atoms with Crippen molar-refractivity contribution in [3.05, 3.63) is 45.4 Å². The number of ether oxygens (including phenoxy) is 4. The van der Waals surface area contributed by atoms with Crippen molar-refractivity contribution in [2.75, 3.05) is 28.4 Å². The van der Waals surface area contributed by atoms with Gasteiger partial charge in [-0.05, 0) is 29.7 Å². The van der Waals surface area contributed by atoms with E-state index in [1.165, 1.54) is 28.4 Å². The van der Waals surface area contributed by atoms with Gasteiger partial charge in [-0.2, -0.15) is 0 Å². The van der Waals surface area contributed by atoms with E-state index in [4.69, 9.17) is 42.1 Å². The van der Waals surface area contributed by atoms with Gasteiger partial charge in [0.15, 0.2) is 23.0 Å². The van der Waals surface area contributed by atoms with Crippen LogP contribution in [0.4, 0.5) is 0 Å². The summed E-state index contributed by atoms with van der Waals surface area (Å²) in [6.45, 7) is 0.476. The van der Waals surface area contributed by atoms with Crippen LogP contribution >= 0.6 is 23.2 Å². The molecular weight excluding hydrogens is 471 g/mol. The van der Waals surface area contributed by atoms with E-state index in [9.17, 15) is 9.59 Å². The Morgan fingerprint density at radius 2 is 1.00 bits per heavy atom. The molecule has 0 aliphatic heterocycles. The number of amides is 2. The fourth-order valence-corrected chi connectivity index (χ4v) is 3.48. The van der Waals surface area contributed by atoms with Gasteiger partial charge in [0.05, 0.1) is 28.4 Å². The van der Waals surface area contributed by atoms with Crippen LogP contribution in [-0.2, 0) is 22.7 Å². The highest BCUT2D eigenvalue weighted by Gasteiger charge is 2.13. The molecule has 0 atom stereocenters. The molecule has 8 nitrogen and oxygen atoms in total. The lowest BCUT2D eigenvalue weighted by Gasteiger charge is -2.13. The van der Waals surface area contributed by atoms with E-state index >= 15 is 0 Å². The van der Waals surface area contributed by atoms with Crippen molar-refractivity contribution in [2.24, 2.45) is 0 Å². The third-order valence-corrected chi connectivity index (χ3v) is 5.57. The van der Waals surface area contributed by atoms with Crippen LogP contribution in [0.15, 0.2) is 24.3 Å². The van der Waals surface area contributed by atoms with Crippen molar-refractivity contribution in [1.82, 2.24) is 10.6 Å². The van der Waals surface area contributed by atoms with E-state index in [0.29, 0.717) is 50.6 Å². The molecule has 0 radical (unpaired) electrons. The summed E-state index contributed by atoms with van der Waals surface area (Å²) in [4.78, 5) is 24.3. The van der Waals surface area contributed by atoms with Crippen molar-refractivity contribution in [2.45, 2.75) is 32.4 Å². The minimum absolute atomic E-state index is 0.184. The molecule has 0 heterocycles. The van der Waals surface area contributed by atoms with Gasteiger partial charge in [0.2, 0.25) is 11.8 Å². The number of rotatable bonds is 12. The number of hydrogen-bond donors (Lipinski definition) is 2. The molecule has 10 heteroatoms. The number of hydrogen-bond acceptors (Lipinski definition) is 6. The summed E-state index contributed by atoms with van der Waals surface area (Å²) in [6, 6.07) is 6.70. The molecule has 0 aromatic heterocycles. The van der Waals surface area contributed by atoms with E-state index in [2.05, 4.69) is 10.6 Å². The number of carbonyl (C=O) groups is 2. The summed E-state index contributed by atoms with van der Waals surface area (Å²) in [6.07, 6.45) is 0.807. The number of nitrogens with one attached hydrogen (secondary N) is 2. The summed E-state index contributed by atoms with van der Waals surface area (Å²) >= 11 is 12.5. The standard InChI is InChI=1S/C23H28Cl2N2O6/c1-30-18-8-14(16(24)10-20(18)32-3)12-26-22(28)6-5-7-23(29)27-13-15-9-19(31-2)21(33-4)11-17(15)25/h8-11H,5-7,12-13H2,1-4H3,(H,26,28)(H,27,29). The van der Waals surface area contributed by atoms with Crippen LogP contribution in [0.2, 0.25) is 10.0 Å². The van der Waals surface area contributed by atoms with E-state index < -0.39 is 0 Å². The minimum atomic E-state index is -0.184. The van der Waals surface area contributed by atoms with Gasteiger partial charge in [-0.15, -0.1) is 0 Å². The van der Waals surface area contributed by atoms with Crippen molar-refractivity contribution < 1.29 is 28.5 Å². The zero-order valence-corrected chi connectivity index (χ0v) is 20.6. The number of methoxy groups -OCH3 is 4. The monoisotopic (exact) mass is 498 g/mol. The van der Waals surface area contributed by atoms with Crippen LogP contribution in [0, 0.1) is 0 Å². The van der Waals surface area contributed by atoms with Gasteiger partial charge < -0.3 is 29.6 Å². The Kier molecular flexibility index (Phi) is 10.4. The lowest BCUT2D eigenvalue weighted by Crippen LogP contribution is -2.25. The first kappa shape index (κ1) is 26.4. The average molecular weight is 499 g/mol. The topological polar surface area (TPSA) is 95.1 Å². The highest BCUT2D eigenvalue weighted by atomic mass is 35.5. The molecule has 33 heavy (non-hydrogen) atoms. The Morgan fingerprint density at radius 1 is 0.667 bits per heavy atom. The maximum Gasteiger partial charge on any atom is 0.220 e. The van der Waals surface area contributed by atoms with Crippen LogP contribution in [0.3, 0.4) is 0 Å². The molecule has 0 bridgehead atoms. The molecule has 2 N–H and O–H groups in total. The van der Waals surface area contributed by atoms with Crippen LogP contribution in [-0.4, -0.2) is 40.3 Å². The van der Waals surface area contributed by atoms with Gasteiger partial charge in [0.25, 0.3) is 0 Å². The Labute approximate surface area is 203 Å². The van der Waals surface area contributed by atoms with Gasteiger partial charge in [-0.1, -0.05) is 23.2 Å². The highest BCUT2D eigenvalue weighted by Crippen LogP contribution is 2.34. The number of carbonyl (C=O) groups excluding carboxylic acids is 2. The fraction of sp³-hybridized carbons (Fsp3) is 0.391. The second-order valence-electron chi connectivity index (χ2n) is 7.00. The summed E-state index contributed by atoms with van der Waals surface area (Å²) in [7, 11) is 6.10. The molecule has 0 spiro atoms. The number of benzene rings is 2. The second kappa shape index (κ2) is 13.0. The van der Waals surface area contributed by atoms with Crippen LogP contribution in [0.25, 0.3) is 0 Å². The van der Waals surface area contributed by atoms with Gasteiger partial charge in [-0.3, -0.25) is 9.59 Å². The quantitative estimate of drug-likeness (QED) is 0.456. The second-order valence-corrected chi connectivity index (χ2v) is 7.82. The van der Waals surface area contributed by atoms with Gasteiger partial charge in [0.1, 0.15) is 0 Å². The first-order valence-electron chi connectivity index (χ1n) is 10.2. The normalized spacial score (nSPS) is 10.4.